The molecular formula is C20H24N4S. The van der Waals surface area contributed by atoms with E-state index in [1.807, 2.05) is 0 Å². The highest BCUT2D eigenvalue weighted by Gasteiger charge is 2.35. The van der Waals surface area contributed by atoms with Gasteiger partial charge in [0.25, 0.3) is 0 Å². The summed E-state index contributed by atoms with van der Waals surface area (Å²) in [7, 11) is 0. The van der Waals surface area contributed by atoms with Crippen molar-refractivity contribution in [1.29, 1.82) is 0 Å². The Bertz CT molecular complexity index is 856. The average molecular weight is 353 g/mol. The fourth-order valence-electron chi connectivity index (χ4n) is 3.77. The van der Waals surface area contributed by atoms with Crippen LogP contribution in [0.4, 0.5) is 0 Å². The Balaban J connectivity index is 1.33. The molecule has 0 unspecified atom stereocenters. The molecule has 0 radical (unpaired) electrons. The predicted molar refractivity (Wildman–Crippen MR) is 102 cm³/mol. The van der Waals surface area contributed by atoms with Gasteiger partial charge in [-0.25, -0.2) is 4.68 Å². The summed E-state index contributed by atoms with van der Waals surface area (Å²) in [5.74, 6) is 1.92. The summed E-state index contributed by atoms with van der Waals surface area (Å²) in [6.07, 6.45) is 8.56. The van der Waals surface area contributed by atoms with Crippen molar-refractivity contribution in [3.63, 3.8) is 0 Å². The lowest BCUT2D eigenvalue weighted by Gasteiger charge is -2.26. The summed E-state index contributed by atoms with van der Waals surface area (Å²) < 4.78 is 5.37. The van der Waals surface area contributed by atoms with E-state index in [1.54, 1.807) is 0 Å². The van der Waals surface area contributed by atoms with E-state index in [4.69, 9.17) is 17.3 Å². The lowest BCUT2D eigenvalue weighted by molar-refractivity contribution is 0.225. The van der Waals surface area contributed by atoms with Crippen molar-refractivity contribution < 1.29 is 0 Å². The van der Waals surface area contributed by atoms with Crippen LogP contribution in [0.5, 0.6) is 0 Å². The molecule has 1 aromatic heterocycles. The van der Waals surface area contributed by atoms with Crippen LogP contribution in [0.1, 0.15) is 55.5 Å². The lowest BCUT2D eigenvalue weighted by atomic mass is 10.00. The number of rotatable bonds is 5. The van der Waals surface area contributed by atoms with E-state index in [0.29, 0.717) is 12.0 Å². The number of hydrogen-bond acceptors (Lipinski definition) is 3. The van der Waals surface area contributed by atoms with Gasteiger partial charge in [-0.3, -0.25) is 4.90 Å². The maximum absolute atomic E-state index is 5.77. The Labute approximate surface area is 153 Å². The molecule has 5 rings (SSSR count). The summed E-state index contributed by atoms with van der Waals surface area (Å²) in [6, 6.07) is 11.3. The third kappa shape index (κ3) is 3.11. The summed E-state index contributed by atoms with van der Waals surface area (Å²) >= 11 is 5.77. The molecule has 3 aliphatic rings. The Hall–Kier alpha value is -1.72. The third-order valence-electron chi connectivity index (χ3n) is 5.52. The Kier molecular flexibility index (Phi) is 3.86. The zero-order valence-corrected chi connectivity index (χ0v) is 15.3. The van der Waals surface area contributed by atoms with Gasteiger partial charge in [-0.1, -0.05) is 36.4 Å². The first-order valence-corrected chi connectivity index (χ1v) is 9.86. The van der Waals surface area contributed by atoms with Gasteiger partial charge in [0, 0.05) is 25.0 Å². The van der Waals surface area contributed by atoms with Crippen molar-refractivity contribution in [2.75, 3.05) is 13.1 Å². The van der Waals surface area contributed by atoms with E-state index in [0.717, 1.165) is 31.0 Å². The van der Waals surface area contributed by atoms with Gasteiger partial charge in [-0.2, -0.15) is 5.10 Å². The zero-order valence-electron chi connectivity index (χ0n) is 14.5. The fourth-order valence-corrected chi connectivity index (χ4v) is 4.11. The van der Waals surface area contributed by atoms with E-state index in [1.165, 1.54) is 42.6 Å². The molecule has 5 heteroatoms. The van der Waals surface area contributed by atoms with E-state index in [2.05, 4.69) is 50.6 Å². The highest BCUT2D eigenvalue weighted by Crippen LogP contribution is 2.44. The predicted octanol–water partition coefficient (Wildman–Crippen LogP) is 4.37. The highest BCUT2D eigenvalue weighted by molar-refractivity contribution is 7.71. The van der Waals surface area contributed by atoms with Crippen LogP contribution in [0, 0.1) is 4.77 Å². The largest absolute Gasteiger partial charge is 0.301 e. The van der Waals surface area contributed by atoms with Crippen LogP contribution in [0.2, 0.25) is 0 Å². The van der Waals surface area contributed by atoms with Gasteiger partial charge in [-0.05, 0) is 55.5 Å². The van der Waals surface area contributed by atoms with Crippen LogP contribution in [-0.4, -0.2) is 32.3 Å². The van der Waals surface area contributed by atoms with Crippen LogP contribution in [0.25, 0.3) is 5.57 Å². The molecule has 4 nitrogen and oxygen atoms in total. The Morgan fingerprint density at radius 1 is 1.08 bits per heavy atom. The molecule has 0 saturated heterocycles. The van der Waals surface area contributed by atoms with Gasteiger partial charge >= 0.3 is 0 Å². The molecular weight excluding hydrogens is 328 g/mol. The molecule has 2 aromatic rings. The minimum absolute atomic E-state index is 0.628. The minimum atomic E-state index is 0.628. The zero-order chi connectivity index (χ0) is 16.8. The molecule has 130 valence electrons. The van der Waals surface area contributed by atoms with Crippen molar-refractivity contribution in [2.45, 2.75) is 50.7 Å². The average Bonchev–Trinajstić information content (AvgIpc) is 3.56. The molecule has 0 atom stereocenters. The van der Waals surface area contributed by atoms with Crippen molar-refractivity contribution in [1.82, 2.24) is 19.2 Å². The lowest BCUT2D eigenvalue weighted by Crippen LogP contribution is -2.31. The monoisotopic (exact) mass is 352 g/mol. The van der Waals surface area contributed by atoms with Crippen LogP contribution in [0.15, 0.2) is 36.4 Å². The molecule has 0 amide bonds. The summed E-state index contributed by atoms with van der Waals surface area (Å²) in [5, 5.41) is 4.92. The van der Waals surface area contributed by atoms with Crippen LogP contribution in [0.3, 0.4) is 0 Å². The number of nitrogens with zero attached hydrogens (tertiary/aromatic N) is 4. The Morgan fingerprint density at radius 2 is 1.88 bits per heavy atom. The smallest absolute Gasteiger partial charge is 0.199 e. The van der Waals surface area contributed by atoms with E-state index >= 15 is 0 Å². The minimum Gasteiger partial charge on any atom is -0.301 e. The first kappa shape index (κ1) is 15.5. The fraction of sp³-hybridized carbons (Fsp3) is 0.500. The third-order valence-corrected chi connectivity index (χ3v) is 5.93. The second-order valence-corrected chi connectivity index (χ2v) is 7.94. The topological polar surface area (TPSA) is 26.0 Å². The summed E-state index contributed by atoms with van der Waals surface area (Å²) in [6.45, 7) is 2.86. The van der Waals surface area contributed by atoms with Crippen LogP contribution < -0.4 is 0 Å². The molecule has 1 aromatic carbocycles. The molecule has 2 saturated carbocycles. The van der Waals surface area contributed by atoms with Gasteiger partial charge in [-0.15, -0.1) is 0 Å². The normalized spacial score (nSPS) is 21.4. The van der Waals surface area contributed by atoms with Gasteiger partial charge < -0.3 is 4.57 Å². The molecule has 0 N–H and O–H groups in total. The summed E-state index contributed by atoms with van der Waals surface area (Å²) in [5.41, 5.74) is 2.82. The molecule has 0 spiro atoms. The van der Waals surface area contributed by atoms with Crippen molar-refractivity contribution in [3.8, 4) is 0 Å². The maximum Gasteiger partial charge on any atom is 0.199 e. The second kappa shape index (κ2) is 6.22. The Morgan fingerprint density at radius 3 is 2.52 bits per heavy atom. The first-order valence-electron chi connectivity index (χ1n) is 9.45. The number of aromatic nitrogens is 3. The maximum atomic E-state index is 5.77. The molecule has 2 heterocycles. The van der Waals surface area contributed by atoms with Gasteiger partial charge in [0.2, 0.25) is 0 Å². The summed E-state index contributed by atoms with van der Waals surface area (Å²) in [4.78, 5) is 2.45. The first-order chi connectivity index (χ1) is 12.3. The quantitative estimate of drug-likeness (QED) is 0.747. The van der Waals surface area contributed by atoms with E-state index in [9.17, 15) is 0 Å². The molecule has 2 aliphatic carbocycles. The molecule has 2 fully saturated rings. The molecule has 25 heavy (non-hydrogen) atoms. The van der Waals surface area contributed by atoms with Crippen LogP contribution in [-0.2, 0) is 6.67 Å². The highest BCUT2D eigenvalue weighted by atomic mass is 32.1. The second-order valence-electron chi connectivity index (χ2n) is 7.58. The van der Waals surface area contributed by atoms with Crippen molar-refractivity contribution in [2.24, 2.45) is 0 Å². The van der Waals surface area contributed by atoms with E-state index in [-0.39, 0.29) is 0 Å². The number of benzene rings is 1. The van der Waals surface area contributed by atoms with E-state index < -0.39 is 0 Å². The SMILES string of the molecule is S=c1n(CN2CC=C(c3ccccc3)CC2)nc(C2CC2)n1C1CC1. The van der Waals surface area contributed by atoms with Crippen molar-refractivity contribution >= 4 is 17.8 Å². The van der Waals surface area contributed by atoms with Crippen molar-refractivity contribution in [3.05, 3.63) is 52.6 Å². The van der Waals surface area contributed by atoms with Crippen LogP contribution >= 0.6 is 12.2 Å². The molecule has 1 aliphatic heterocycles. The standard InChI is InChI=1S/C20H24N4S/c25-20-23(21-19(17-6-7-17)24(20)18-8-9-18)14-22-12-10-16(11-13-22)15-4-2-1-3-5-15/h1-5,10,17-18H,6-9,11-14H2. The van der Waals surface area contributed by atoms with Gasteiger partial charge in [0.05, 0.1) is 6.67 Å². The van der Waals surface area contributed by atoms with Gasteiger partial charge in [0.15, 0.2) is 4.77 Å². The molecule has 0 bridgehead atoms. The van der Waals surface area contributed by atoms with Gasteiger partial charge in [0.1, 0.15) is 5.82 Å². The number of hydrogen-bond donors (Lipinski definition) is 0.